The third-order valence-corrected chi connectivity index (χ3v) is 2.56. The minimum absolute atomic E-state index is 0.0923. The van der Waals surface area contributed by atoms with Crippen molar-refractivity contribution in [1.29, 1.82) is 0 Å². The van der Waals surface area contributed by atoms with Crippen LogP contribution in [0.3, 0.4) is 0 Å². The first kappa shape index (κ1) is 13.5. The Morgan fingerprint density at radius 1 is 1.21 bits per heavy atom. The van der Waals surface area contributed by atoms with Crippen LogP contribution in [0, 0.1) is 5.82 Å². The maximum atomic E-state index is 13.5. The largest absolute Gasteiger partial charge is 0.350 e. The van der Waals surface area contributed by atoms with Gasteiger partial charge in [0.25, 0.3) is 0 Å². The van der Waals surface area contributed by atoms with Crippen molar-refractivity contribution < 1.29 is 4.39 Å². The van der Waals surface area contributed by atoms with Gasteiger partial charge in [0.05, 0.1) is 0 Å². The maximum Gasteiger partial charge on any atom is 0.230 e. The highest BCUT2D eigenvalue weighted by Crippen LogP contribution is 2.13. The van der Waals surface area contributed by atoms with E-state index in [9.17, 15) is 4.39 Å². The summed E-state index contributed by atoms with van der Waals surface area (Å²) in [7, 11) is 3.60. The van der Waals surface area contributed by atoms with Crippen LogP contribution >= 0.6 is 11.6 Å². The van der Waals surface area contributed by atoms with Crippen molar-refractivity contribution in [2.75, 3.05) is 24.3 Å². The van der Waals surface area contributed by atoms with Crippen molar-refractivity contribution in [3.8, 4) is 0 Å². The zero-order valence-electron chi connectivity index (χ0n) is 10.6. The first-order chi connectivity index (χ1) is 9.06. The molecule has 1 aromatic carbocycles. The molecule has 0 spiro atoms. The highest BCUT2D eigenvalue weighted by Gasteiger charge is 2.07. The molecule has 7 heteroatoms. The van der Waals surface area contributed by atoms with Crippen LogP contribution in [-0.4, -0.2) is 29.0 Å². The summed E-state index contributed by atoms with van der Waals surface area (Å²) in [5.74, 6) is 0.478. The minimum Gasteiger partial charge on any atom is -0.350 e. The predicted octanol–water partition coefficient (Wildman–Crippen LogP) is 2.34. The number of rotatable bonds is 4. The number of aromatic nitrogens is 3. The van der Waals surface area contributed by atoms with Crippen molar-refractivity contribution in [1.82, 2.24) is 15.0 Å². The number of benzene rings is 1. The van der Waals surface area contributed by atoms with E-state index in [-0.39, 0.29) is 17.6 Å². The molecule has 0 atom stereocenters. The molecule has 2 aromatic rings. The average molecular weight is 282 g/mol. The van der Waals surface area contributed by atoms with Gasteiger partial charge in [-0.05, 0) is 17.7 Å². The Hall–Kier alpha value is -1.95. The molecule has 0 radical (unpaired) electrons. The lowest BCUT2D eigenvalue weighted by Gasteiger charge is -2.12. The minimum atomic E-state index is -0.275. The van der Waals surface area contributed by atoms with Crippen LogP contribution in [-0.2, 0) is 6.54 Å². The summed E-state index contributed by atoms with van der Waals surface area (Å²) in [6, 6.07) is 6.51. The second-order valence-corrected chi connectivity index (χ2v) is 4.41. The third-order valence-electron chi connectivity index (χ3n) is 2.39. The standard InChI is InChI=1S/C12H13ClFN5/c1-19(2)12-17-10(13)16-11(18-12)15-7-8-5-3-4-6-9(8)14/h3-6H,7H2,1-2H3,(H,15,16,17,18). The van der Waals surface area contributed by atoms with Gasteiger partial charge in [-0.1, -0.05) is 18.2 Å². The zero-order valence-corrected chi connectivity index (χ0v) is 11.3. The Balaban J connectivity index is 2.14. The Kier molecular flexibility index (Phi) is 4.11. The number of halogens is 2. The summed E-state index contributed by atoms with van der Waals surface area (Å²) >= 11 is 5.80. The van der Waals surface area contributed by atoms with E-state index >= 15 is 0 Å². The fourth-order valence-electron chi connectivity index (χ4n) is 1.43. The highest BCUT2D eigenvalue weighted by atomic mass is 35.5. The van der Waals surface area contributed by atoms with E-state index in [0.29, 0.717) is 17.5 Å². The van der Waals surface area contributed by atoms with E-state index in [1.807, 2.05) is 0 Å². The average Bonchev–Trinajstić information content (AvgIpc) is 2.37. The van der Waals surface area contributed by atoms with E-state index in [2.05, 4.69) is 20.3 Å². The summed E-state index contributed by atoms with van der Waals surface area (Å²) in [5.41, 5.74) is 0.533. The Morgan fingerprint density at radius 2 is 1.95 bits per heavy atom. The van der Waals surface area contributed by atoms with Gasteiger partial charge in [-0.2, -0.15) is 15.0 Å². The predicted molar refractivity (Wildman–Crippen MR) is 72.9 cm³/mol. The molecule has 19 heavy (non-hydrogen) atoms. The summed E-state index contributed by atoms with van der Waals surface area (Å²) < 4.78 is 13.5. The molecule has 1 N–H and O–H groups in total. The monoisotopic (exact) mass is 281 g/mol. The maximum absolute atomic E-state index is 13.5. The Morgan fingerprint density at radius 3 is 2.63 bits per heavy atom. The normalized spacial score (nSPS) is 10.3. The lowest BCUT2D eigenvalue weighted by Crippen LogP contribution is -2.15. The van der Waals surface area contributed by atoms with Gasteiger partial charge in [0.15, 0.2) is 0 Å². The molecule has 0 fully saturated rings. The molecule has 0 amide bonds. The summed E-state index contributed by atoms with van der Waals surface area (Å²) in [5, 5.41) is 3.02. The summed E-state index contributed by atoms with van der Waals surface area (Å²) in [4.78, 5) is 13.8. The SMILES string of the molecule is CN(C)c1nc(Cl)nc(NCc2ccccc2F)n1. The quantitative estimate of drug-likeness (QED) is 0.932. The van der Waals surface area contributed by atoms with Crippen molar-refractivity contribution in [3.05, 3.63) is 40.9 Å². The lowest BCUT2D eigenvalue weighted by molar-refractivity contribution is 0.612. The molecule has 0 aliphatic heterocycles. The molecular weight excluding hydrogens is 269 g/mol. The van der Waals surface area contributed by atoms with E-state index in [0.717, 1.165) is 0 Å². The molecule has 0 bridgehead atoms. The number of hydrogen-bond acceptors (Lipinski definition) is 5. The Labute approximate surface area is 115 Å². The van der Waals surface area contributed by atoms with Gasteiger partial charge >= 0.3 is 0 Å². The molecule has 0 aliphatic carbocycles. The fourth-order valence-corrected chi connectivity index (χ4v) is 1.59. The van der Waals surface area contributed by atoms with Crippen molar-refractivity contribution >= 4 is 23.5 Å². The first-order valence-electron chi connectivity index (χ1n) is 5.62. The Bertz CT molecular complexity index is 576. The fraction of sp³-hybridized carbons (Fsp3) is 0.250. The number of anilines is 2. The smallest absolute Gasteiger partial charge is 0.230 e. The summed E-state index contributed by atoms with van der Waals surface area (Å²) in [6.07, 6.45) is 0. The van der Waals surface area contributed by atoms with Gasteiger partial charge in [0.2, 0.25) is 17.2 Å². The highest BCUT2D eigenvalue weighted by molar-refractivity contribution is 6.28. The molecule has 5 nitrogen and oxygen atoms in total. The molecule has 0 aliphatic rings. The number of nitrogens with one attached hydrogen (secondary N) is 1. The van der Waals surface area contributed by atoms with Crippen LogP contribution < -0.4 is 10.2 Å². The molecule has 100 valence electrons. The first-order valence-corrected chi connectivity index (χ1v) is 6.00. The van der Waals surface area contributed by atoms with Gasteiger partial charge in [0.1, 0.15) is 5.82 Å². The zero-order chi connectivity index (χ0) is 13.8. The second-order valence-electron chi connectivity index (χ2n) is 4.07. The third kappa shape index (κ3) is 3.51. The van der Waals surface area contributed by atoms with E-state index < -0.39 is 0 Å². The van der Waals surface area contributed by atoms with Gasteiger partial charge in [-0.15, -0.1) is 0 Å². The van der Waals surface area contributed by atoms with Crippen LogP contribution in [0.25, 0.3) is 0 Å². The van der Waals surface area contributed by atoms with E-state index in [1.165, 1.54) is 6.07 Å². The molecule has 0 saturated carbocycles. The van der Waals surface area contributed by atoms with Crippen LogP contribution in [0.2, 0.25) is 5.28 Å². The van der Waals surface area contributed by atoms with Crippen molar-refractivity contribution in [3.63, 3.8) is 0 Å². The molecule has 0 saturated heterocycles. The molecular formula is C12H13ClFN5. The molecule has 1 aromatic heterocycles. The number of hydrogen-bond donors (Lipinski definition) is 1. The van der Waals surface area contributed by atoms with E-state index in [1.54, 1.807) is 37.2 Å². The molecule has 1 heterocycles. The van der Waals surface area contributed by atoms with Gasteiger partial charge in [-0.25, -0.2) is 4.39 Å². The van der Waals surface area contributed by atoms with Gasteiger partial charge < -0.3 is 10.2 Å². The topological polar surface area (TPSA) is 53.9 Å². The number of nitrogens with zero attached hydrogens (tertiary/aromatic N) is 4. The molecule has 0 unspecified atom stereocenters. The lowest BCUT2D eigenvalue weighted by atomic mass is 10.2. The van der Waals surface area contributed by atoms with Crippen LogP contribution in [0.5, 0.6) is 0 Å². The second kappa shape index (κ2) is 5.79. The van der Waals surface area contributed by atoms with E-state index in [4.69, 9.17) is 11.6 Å². The van der Waals surface area contributed by atoms with Crippen molar-refractivity contribution in [2.45, 2.75) is 6.54 Å². The van der Waals surface area contributed by atoms with Crippen LogP contribution in [0.15, 0.2) is 24.3 Å². The van der Waals surface area contributed by atoms with Crippen LogP contribution in [0.4, 0.5) is 16.3 Å². The summed E-state index contributed by atoms with van der Waals surface area (Å²) in [6.45, 7) is 0.278. The molecule has 2 rings (SSSR count). The van der Waals surface area contributed by atoms with Gasteiger partial charge in [0, 0.05) is 26.2 Å². The van der Waals surface area contributed by atoms with Gasteiger partial charge in [-0.3, -0.25) is 0 Å². The van der Waals surface area contributed by atoms with Crippen LogP contribution in [0.1, 0.15) is 5.56 Å². The van der Waals surface area contributed by atoms with Crippen molar-refractivity contribution in [2.24, 2.45) is 0 Å².